The Bertz CT molecular complexity index is 193. The molecular formula is C9H16O4S. The third-order valence-corrected chi connectivity index (χ3v) is 2.61. The Morgan fingerprint density at radius 3 is 2.50 bits per heavy atom. The van der Waals surface area contributed by atoms with Crippen LogP contribution in [-0.2, 0) is 19.1 Å². The molecule has 1 unspecified atom stereocenters. The minimum absolute atomic E-state index is 0.0758. The molecular weight excluding hydrogens is 204 g/mol. The van der Waals surface area contributed by atoms with Gasteiger partial charge in [-0.1, -0.05) is 6.92 Å². The van der Waals surface area contributed by atoms with Crippen molar-refractivity contribution in [2.75, 3.05) is 19.5 Å². The lowest BCUT2D eigenvalue weighted by molar-refractivity contribution is -0.141. The highest BCUT2D eigenvalue weighted by Crippen LogP contribution is 2.14. The lowest BCUT2D eigenvalue weighted by atomic mass is 10.3. The highest BCUT2D eigenvalue weighted by Gasteiger charge is 2.11. The third-order valence-electron chi connectivity index (χ3n) is 1.47. The van der Waals surface area contributed by atoms with E-state index < -0.39 is 0 Å². The summed E-state index contributed by atoms with van der Waals surface area (Å²) in [4.78, 5) is 21.8. The van der Waals surface area contributed by atoms with Gasteiger partial charge in [0.25, 0.3) is 0 Å². The predicted molar refractivity (Wildman–Crippen MR) is 55.2 cm³/mol. The van der Waals surface area contributed by atoms with Gasteiger partial charge in [0.15, 0.2) is 0 Å². The minimum Gasteiger partial charge on any atom is -0.469 e. The Balaban J connectivity index is 3.57. The van der Waals surface area contributed by atoms with Crippen LogP contribution in [0.1, 0.15) is 20.3 Å². The maximum Gasteiger partial charge on any atom is 0.315 e. The maximum atomic E-state index is 10.9. The van der Waals surface area contributed by atoms with E-state index in [-0.39, 0.29) is 22.9 Å². The number of esters is 2. The van der Waals surface area contributed by atoms with E-state index in [1.165, 1.54) is 18.9 Å². The molecule has 0 aliphatic rings. The molecule has 0 spiro atoms. The van der Waals surface area contributed by atoms with Crippen LogP contribution in [0, 0.1) is 0 Å². The van der Waals surface area contributed by atoms with E-state index in [9.17, 15) is 9.59 Å². The molecule has 14 heavy (non-hydrogen) atoms. The van der Waals surface area contributed by atoms with Crippen LogP contribution in [0.25, 0.3) is 0 Å². The lowest BCUT2D eigenvalue weighted by Crippen LogP contribution is -2.13. The molecule has 0 saturated carbocycles. The van der Waals surface area contributed by atoms with Gasteiger partial charge >= 0.3 is 11.9 Å². The van der Waals surface area contributed by atoms with Gasteiger partial charge in [0.2, 0.25) is 0 Å². The number of carbonyl (C=O) groups is 2. The summed E-state index contributed by atoms with van der Waals surface area (Å²) in [5.41, 5.74) is 0. The molecule has 0 aromatic carbocycles. The second kappa shape index (κ2) is 7.67. The molecule has 0 rings (SSSR count). The van der Waals surface area contributed by atoms with E-state index in [0.29, 0.717) is 13.0 Å². The normalized spacial score (nSPS) is 11.9. The second-order valence-corrected chi connectivity index (χ2v) is 4.13. The zero-order chi connectivity index (χ0) is 11.0. The van der Waals surface area contributed by atoms with Crippen LogP contribution in [0.5, 0.6) is 0 Å². The van der Waals surface area contributed by atoms with Crippen LogP contribution in [0.3, 0.4) is 0 Å². The van der Waals surface area contributed by atoms with Crippen molar-refractivity contribution in [3.8, 4) is 0 Å². The maximum absolute atomic E-state index is 10.9. The van der Waals surface area contributed by atoms with Gasteiger partial charge in [0.1, 0.15) is 0 Å². The lowest BCUT2D eigenvalue weighted by Gasteiger charge is -2.08. The van der Waals surface area contributed by atoms with E-state index in [1.54, 1.807) is 6.92 Å². The molecule has 0 fully saturated rings. The first kappa shape index (κ1) is 13.3. The van der Waals surface area contributed by atoms with Crippen LogP contribution in [0.4, 0.5) is 0 Å². The predicted octanol–water partition coefficient (Wildman–Crippen LogP) is 1.23. The van der Waals surface area contributed by atoms with Crippen molar-refractivity contribution in [1.29, 1.82) is 0 Å². The molecule has 0 saturated heterocycles. The monoisotopic (exact) mass is 220 g/mol. The summed E-state index contributed by atoms with van der Waals surface area (Å²) in [7, 11) is 1.35. The van der Waals surface area contributed by atoms with Crippen molar-refractivity contribution >= 4 is 23.7 Å². The average Bonchev–Trinajstić information content (AvgIpc) is 2.15. The van der Waals surface area contributed by atoms with Crippen molar-refractivity contribution in [2.45, 2.75) is 25.5 Å². The first-order valence-electron chi connectivity index (χ1n) is 4.44. The van der Waals surface area contributed by atoms with Crippen molar-refractivity contribution in [1.82, 2.24) is 0 Å². The Morgan fingerprint density at radius 1 is 1.36 bits per heavy atom. The Kier molecular flexibility index (Phi) is 7.28. The smallest absolute Gasteiger partial charge is 0.315 e. The van der Waals surface area contributed by atoms with Crippen molar-refractivity contribution in [3.05, 3.63) is 0 Å². The first-order valence-corrected chi connectivity index (χ1v) is 5.49. The fraction of sp³-hybridized carbons (Fsp3) is 0.778. The molecule has 0 aromatic heterocycles. The summed E-state index contributed by atoms with van der Waals surface area (Å²) in [5.74, 6) is -0.213. The summed E-state index contributed by atoms with van der Waals surface area (Å²) < 4.78 is 9.25. The fourth-order valence-corrected chi connectivity index (χ4v) is 1.55. The molecule has 0 radical (unpaired) electrons. The van der Waals surface area contributed by atoms with Crippen LogP contribution >= 0.6 is 11.8 Å². The highest BCUT2D eigenvalue weighted by atomic mass is 32.2. The second-order valence-electron chi connectivity index (χ2n) is 2.71. The van der Waals surface area contributed by atoms with Crippen LogP contribution in [-0.4, -0.2) is 36.7 Å². The van der Waals surface area contributed by atoms with Crippen LogP contribution < -0.4 is 0 Å². The number of thioether (sulfide) groups is 1. The van der Waals surface area contributed by atoms with E-state index in [0.717, 1.165) is 0 Å². The molecule has 0 N–H and O–H groups in total. The quantitative estimate of drug-likeness (QED) is 0.630. The van der Waals surface area contributed by atoms with Gasteiger partial charge in [-0.3, -0.25) is 9.59 Å². The van der Waals surface area contributed by atoms with Gasteiger partial charge in [-0.05, 0) is 6.92 Å². The Morgan fingerprint density at radius 2 is 2.00 bits per heavy atom. The van der Waals surface area contributed by atoms with E-state index in [4.69, 9.17) is 4.74 Å². The summed E-state index contributed by atoms with van der Waals surface area (Å²) >= 11 is 1.39. The fourth-order valence-electron chi connectivity index (χ4n) is 0.790. The summed E-state index contributed by atoms with van der Waals surface area (Å²) in [5, 5.41) is 0.0758. The van der Waals surface area contributed by atoms with Gasteiger partial charge in [-0.2, -0.15) is 0 Å². The number of rotatable bonds is 6. The molecule has 0 heterocycles. The van der Waals surface area contributed by atoms with Gasteiger partial charge in [0, 0.05) is 5.25 Å². The average molecular weight is 220 g/mol. The summed E-state index contributed by atoms with van der Waals surface area (Å²) in [6.07, 6.45) is 0.320. The molecule has 82 valence electrons. The molecule has 0 aliphatic carbocycles. The van der Waals surface area contributed by atoms with Crippen molar-refractivity contribution in [2.24, 2.45) is 0 Å². The molecule has 4 nitrogen and oxygen atoms in total. The van der Waals surface area contributed by atoms with Gasteiger partial charge in [-0.25, -0.2) is 0 Å². The molecule has 0 bridgehead atoms. The van der Waals surface area contributed by atoms with Crippen LogP contribution in [0.15, 0.2) is 0 Å². The topological polar surface area (TPSA) is 52.6 Å². The first-order chi connectivity index (χ1) is 6.60. The number of hydrogen-bond donors (Lipinski definition) is 0. The van der Waals surface area contributed by atoms with Crippen LogP contribution in [0.2, 0.25) is 0 Å². The molecule has 5 heteroatoms. The van der Waals surface area contributed by atoms with E-state index >= 15 is 0 Å². The van der Waals surface area contributed by atoms with Crippen molar-refractivity contribution in [3.63, 3.8) is 0 Å². The molecule has 0 aliphatic heterocycles. The van der Waals surface area contributed by atoms with Gasteiger partial charge in [0.05, 0.1) is 25.9 Å². The van der Waals surface area contributed by atoms with Gasteiger partial charge < -0.3 is 9.47 Å². The van der Waals surface area contributed by atoms with Gasteiger partial charge in [-0.15, -0.1) is 11.8 Å². The number of carbonyl (C=O) groups excluding carboxylic acids is 2. The molecule has 1 atom stereocenters. The summed E-state index contributed by atoms with van der Waals surface area (Å²) in [6, 6.07) is 0. The third kappa shape index (κ3) is 6.77. The molecule has 0 aromatic rings. The number of ether oxygens (including phenoxy) is 2. The number of hydrogen-bond acceptors (Lipinski definition) is 5. The Hall–Kier alpha value is -0.710. The number of methoxy groups -OCH3 is 1. The largest absolute Gasteiger partial charge is 0.469 e. The summed E-state index contributed by atoms with van der Waals surface area (Å²) in [6.45, 7) is 4.03. The highest BCUT2D eigenvalue weighted by molar-refractivity contribution is 8.00. The zero-order valence-corrected chi connectivity index (χ0v) is 9.56. The van der Waals surface area contributed by atoms with E-state index in [2.05, 4.69) is 4.74 Å². The minimum atomic E-state index is -0.256. The SMILES string of the molecule is CCOC(=O)CSC(C)CC(=O)OC. The standard InChI is InChI=1S/C9H16O4S/c1-4-13-9(11)6-14-7(2)5-8(10)12-3/h7H,4-6H2,1-3H3. The van der Waals surface area contributed by atoms with Crippen molar-refractivity contribution < 1.29 is 19.1 Å². The van der Waals surface area contributed by atoms with E-state index in [1.807, 2.05) is 6.92 Å². The molecule has 0 amide bonds. The zero-order valence-electron chi connectivity index (χ0n) is 8.74. The Labute approximate surface area is 88.3 Å².